The zero-order valence-corrected chi connectivity index (χ0v) is 10.4. The molecule has 96 valence electrons. The fourth-order valence-corrected chi connectivity index (χ4v) is 1.76. The van der Waals surface area contributed by atoms with Crippen LogP contribution in [0.4, 0.5) is 8.78 Å². The number of rotatable bonds is 3. The van der Waals surface area contributed by atoms with Gasteiger partial charge in [0.25, 0.3) is 0 Å². The summed E-state index contributed by atoms with van der Waals surface area (Å²) in [4.78, 5) is 0. The van der Waals surface area contributed by atoms with Crippen molar-refractivity contribution >= 4 is 11.6 Å². The maximum absolute atomic E-state index is 12.2. The number of hydrogen-bond donors (Lipinski definition) is 0. The number of alkyl halides is 2. The van der Waals surface area contributed by atoms with Crippen molar-refractivity contribution in [1.82, 2.24) is 0 Å². The molecule has 0 spiro atoms. The highest BCUT2D eigenvalue weighted by molar-refractivity contribution is 6.30. The maximum Gasteiger partial charge on any atom is 0.387 e. The highest BCUT2D eigenvalue weighted by Gasteiger charge is 2.10. The van der Waals surface area contributed by atoms with Crippen molar-refractivity contribution in [3.8, 4) is 22.9 Å². The van der Waals surface area contributed by atoms with E-state index >= 15 is 0 Å². The van der Waals surface area contributed by atoms with Crippen LogP contribution in [0.15, 0.2) is 42.5 Å². The average Bonchev–Trinajstić information content (AvgIpc) is 2.39. The van der Waals surface area contributed by atoms with Crippen LogP contribution in [0.25, 0.3) is 11.1 Å². The fourth-order valence-electron chi connectivity index (χ4n) is 1.64. The van der Waals surface area contributed by atoms with E-state index in [1.807, 2.05) is 6.07 Å². The van der Waals surface area contributed by atoms with Gasteiger partial charge >= 0.3 is 6.61 Å². The summed E-state index contributed by atoms with van der Waals surface area (Å²) in [6.07, 6.45) is 0. The minimum Gasteiger partial charge on any atom is -0.433 e. The standard InChI is InChI=1S/C14H8ClF2NO/c15-12-4-1-9(2-5-12)10-3-6-13(19-14(16)17)11(7-10)8-18/h1-7,14H. The van der Waals surface area contributed by atoms with E-state index < -0.39 is 6.61 Å². The van der Waals surface area contributed by atoms with Crippen LogP contribution in [0.1, 0.15) is 5.56 Å². The Morgan fingerprint density at radius 3 is 2.26 bits per heavy atom. The lowest BCUT2D eigenvalue weighted by atomic mass is 10.0. The van der Waals surface area contributed by atoms with Crippen molar-refractivity contribution < 1.29 is 13.5 Å². The van der Waals surface area contributed by atoms with Crippen molar-refractivity contribution in [1.29, 1.82) is 5.26 Å². The van der Waals surface area contributed by atoms with Crippen LogP contribution in [0.2, 0.25) is 5.02 Å². The first-order chi connectivity index (χ1) is 9.10. The lowest BCUT2D eigenvalue weighted by Crippen LogP contribution is -2.03. The molecule has 0 fully saturated rings. The SMILES string of the molecule is N#Cc1cc(-c2ccc(Cl)cc2)ccc1OC(F)F. The van der Waals surface area contributed by atoms with Crippen molar-refractivity contribution in [2.75, 3.05) is 0 Å². The van der Waals surface area contributed by atoms with E-state index in [0.717, 1.165) is 11.1 Å². The largest absolute Gasteiger partial charge is 0.433 e. The molecule has 2 rings (SSSR count). The third-order valence-electron chi connectivity index (χ3n) is 2.49. The van der Waals surface area contributed by atoms with E-state index in [9.17, 15) is 8.78 Å². The second kappa shape index (κ2) is 5.68. The van der Waals surface area contributed by atoms with Crippen LogP contribution in [0.3, 0.4) is 0 Å². The van der Waals surface area contributed by atoms with Gasteiger partial charge in [0.15, 0.2) is 0 Å². The van der Waals surface area contributed by atoms with E-state index in [4.69, 9.17) is 16.9 Å². The highest BCUT2D eigenvalue weighted by Crippen LogP contribution is 2.28. The molecule has 2 nitrogen and oxygen atoms in total. The predicted molar refractivity (Wildman–Crippen MR) is 68.2 cm³/mol. The third kappa shape index (κ3) is 3.21. The minimum atomic E-state index is -2.95. The molecule has 0 radical (unpaired) electrons. The minimum absolute atomic E-state index is 0.0627. The van der Waals surface area contributed by atoms with Gasteiger partial charge < -0.3 is 4.74 Å². The van der Waals surface area contributed by atoms with Crippen LogP contribution >= 0.6 is 11.6 Å². The van der Waals surface area contributed by atoms with E-state index in [1.54, 1.807) is 30.3 Å². The Bertz CT molecular complexity index is 620. The molecule has 0 atom stereocenters. The molecule has 0 unspecified atom stereocenters. The third-order valence-corrected chi connectivity index (χ3v) is 2.75. The molecule has 0 heterocycles. The van der Waals surface area contributed by atoms with Gasteiger partial charge in [-0.1, -0.05) is 29.8 Å². The topological polar surface area (TPSA) is 33.0 Å². The van der Waals surface area contributed by atoms with Crippen LogP contribution in [-0.4, -0.2) is 6.61 Å². The van der Waals surface area contributed by atoms with Crippen LogP contribution in [0, 0.1) is 11.3 Å². The van der Waals surface area contributed by atoms with Crippen molar-refractivity contribution in [2.24, 2.45) is 0 Å². The molecular formula is C14H8ClF2NO. The van der Waals surface area contributed by atoms with Gasteiger partial charge in [-0.05, 0) is 35.4 Å². The van der Waals surface area contributed by atoms with Crippen LogP contribution in [0.5, 0.6) is 5.75 Å². The Morgan fingerprint density at radius 1 is 1.05 bits per heavy atom. The molecule has 0 aliphatic heterocycles. The first-order valence-corrected chi connectivity index (χ1v) is 5.73. The molecule has 0 amide bonds. The highest BCUT2D eigenvalue weighted by atomic mass is 35.5. The van der Waals surface area contributed by atoms with Crippen LogP contribution < -0.4 is 4.74 Å². The number of nitrogens with zero attached hydrogens (tertiary/aromatic N) is 1. The van der Waals surface area contributed by atoms with E-state index in [0.29, 0.717) is 5.02 Å². The van der Waals surface area contributed by atoms with Gasteiger partial charge in [-0.15, -0.1) is 0 Å². The Morgan fingerprint density at radius 2 is 1.68 bits per heavy atom. The second-order valence-electron chi connectivity index (χ2n) is 3.71. The van der Waals surface area contributed by atoms with E-state index in [1.165, 1.54) is 12.1 Å². The van der Waals surface area contributed by atoms with Gasteiger partial charge in [-0.25, -0.2) is 0 Å². The van der Waals surface area contributed by atoms with Gasteiger partial charge in [-0.2, -0.15) is 14.0 Å². The Hall–Kier alpha value is -2.12. The summed E-state index contributed by atoms with van der Waals surface area (Å²) in [5.41, 5.74) is 1.63. The lowest BCUT2D eigenvalue weighted by Gasteiger charge is -2.08. The number of hydrogen-bond acceptors (Lipinski definition) is 2. The van der Waals surface area contributed by atoms with Crippen molar-refractivity contribution in [3.63, 3.8) is 0 Å². The van der Waals surface area contributed by atoms with Crippen LogP contribution in [-0.2, 0) is 0 Å². The molecule has 0 saturated heterocycles. The van der Waals surface area contributed by atoms with Crippen molar-refractivity contribution in [3.05, 3.63) is 53.1 Å². The monoisotopic (exact) mass is 279 g/mol. The van der Waals surface area contributed by atoms with Gasteiger partial charge in [0, 0.05) is 5.02 Å². The zero-order valence-electron chi connectivity index (χ0n) is 9.61. The number of benzene rings is 2. The van der Waals surface area contributed by atoms with Crippen molar-refractivity contribution in [2.45, 2.75) is 6.61 Å². The molecular weight excluding hydrogens is 272 g/mol. The summed E-state index contributed by atoms with van der Waals surface area (Å²) in [5, 5.41) is 9.55. The number of ether oxygens (including phenoxy) is 1. The number of nitriles is 1. The second-order valence-corrected chi connectivity index (χ2v) is 4.14. The maximum atomic E-state index is 12.2. The molecule has 0 aliphatic rings. The van der Waals surface area contributed by atoms with Gasteiger partial charge in [0.1, 0.15) is 11.8 Å². The summed E-state index contributed by atoms with van der Waals surface area (Å²) in [6, 6.07) is 13.3. The number of halogens is 3. The fraction of sp³-hybridized carbons (Fsp3) is 0.0714. The molecule has 19 heavy (non-hydrogen) atoms. The zero-order chi connectivity index (χ0) is 13.8. The molecule has 0 saturated carbocycles. The normalized spacial score (nSPS) is 10.3. The summed E-state index contributed by atoms with van der Waals surface area (Å²) in [6.45, 7) is -2.95. The molecule has 2 aromatic carbocycles. The average molecular weight is 280 g/mol. The first kappa shape index (κ1) is 13.3. The lowest BCUT2D eigenvalue weighted by molar-refractivity contribution is -0.0500. The molecule has 0 aliphatic carbocycles. The van der Waals surface area contributed by atoms with Gasteiger partial charge in [0.2, 0.25) is 0 Å². The Kier molecular flexibility index (Phi) is 3.98. The Labute approximate surface area is 113 Å². The smallest absolute Gasteiger partial charge is 0.387 e. The first-order valence-electron chi connectivity index (χ1n) is 5.35. The summed E-state index contributed by atoms with van der Waals surface area (Å²) >= 11 is 5.78. The Balaban J connectivity index is 2.39. The summed E-state index contributed by atoms with van der Waals surface area (Å²) in [5.74, 6) is -0.129. The molecule has 2 aromatic rings. The molecule has 5 heteroatoms. The summed E-state index contributed by atoms with van der Waals surface area (Å²) in [7, 11) is 0. The molecule has 0 aromatic heterocycles. The summed E-state index contributed by atoms with van der Waals surface area (Å²) < 4.78 is 28.6. The molecule has 0 bridgehead atoms. The predicted octanol–water partition coefficient (Wildman–Crippen LogP) is 4.48. The van der Waals surface area contributed by atoms with E-state index in [-0.39, 0.29) is 11.3 Å². The molecule has 0 N–H and O–H groups in total. The van der Waals surface area contributed by atoms with E-state index in [2.05, 4.69) is 4.74 Å². The van der Waals surface area contributed by atoms with Gasteiger partial charge in [-0.3, -0.25) is 0 Å². The quantitative estimate of drug-likeness (QED) is 0.830. The van der Waals surface area contributed by atoms with Gasteiger partial charge in [0.05, 0.1) is 5.56 Å².